The van der Waals surface area contributed by atoms with Gasteiger partial charge in [0.25, 0.3) is 5.91 Å². The van der Waals surface area contributed by atoms with Gasteiger partial charge in [-0.25, -0.2) is 4.98 Å². The Bertz CT molecular complexity index is 1190. The molecule has 0 N–H and O–H groups in total. The summed E-state index contributed by atoms with van der Waals surface area (Å²) in [6.45, 7) is 3.10. The molecule has 4 rings (SSSR count). The number of esters is 1. The first kappa shape index (κ1) is 23.4. The number of hydrogen-bond acceptors (Lipinski definition) is 5. The number of fused-ring (bicyclic) bond motifs is 1. The van der Waals surface area contributed by atoms with Crippen LogP contribution in [-0.2, 0) is 14.3 Å². The Kier molecular flexibility index (Phi) is 7.21. The van der Waals surface area contributed by atoms with Crippen molar-refractivity contribution in [1.29, 1.82) is 0 Å². The van der Waals surface area contributed by atoms with Crippen LogP contribution in [0.4, 0.5) is 0 Å². The number of pyridine rings is 1. The molecule has 1 saturated heterocycles. The van der Waals surface area contributed by atoms with Crippen molar-refractivity contribution in [1.82, 2.24) is 14.8 Å². The molecule has 0 spiro atoms. The molecule has 1 aliphatic rings. The summed E-state index contributed by atoms with van der Waals surface area (Å²) in [7, 11) is 1.64. The van der Waals surface area contributed by atoms with E-state index in [0.717, 1.165) is 16.5 Å². The lowest BCUT2D eigenvalue weighted by molar-refractivity contribution is -0.151. The molecule has 1 aliphatic heterocycles. The molecule has 176 valence electrons. The average Bonchev–Trinajstić information content (AvgIpc) is 2.88. The molecular weight excluding hydrogens is 430 g/mol. The van der Waals surface area contributed by atoms with Crippen LogP contribution in [0.15, 0.2) is 60.7 Å². The van der Waals surface area contributed by atoms with Crippen molar-refractivity contribution < 1.29 is 19.1 Å². The number of nitrogens with zero attached hydrogens (tertiary/aromatic N) is 3. The van der Waals surface area contributed by atoms with Crippen molar-refractivity contribution >= 4 is 28.7 Å². The van der Waals surface area contributed by atoms with Crippen LogP contribution in [0.1, 0.15) is 30.1 Å². The summed E-state index contributed by atoms with van der Waals surface area (Å²) in [6.07, 6.45) is 1.16. The molecule has 7 nitrogen and oxygen atoms in total. The monoisotopic (exact) mass is 459 g/mol. The normalized spacial score (nSPS) is 14.1. The summed E-state index contributed by atoms with van der Waals surface area (Å²) in [6, 6.07) is 19.0. The second kappa shape index (κ2) is 10.5. The predicted octanol–water partition coefficient (Wildman–Crippen LogP) is 3.78. The number of ether oxygens (including phenoxy) is 1. The second-order valence-electron chi connectivity index (χ2n) is 8.51. The van der Waals surface area contributed by atoms with E-state index in [1.54, 1.807) is 24.9 Å². The molecular formula is C27H29N3O4. The van der Waals surface area contributed by atoms with Crippen LogP contribution in [-0.4, -0.2) is 65.9 Å². The smallest absolute Gasteiger partial charge is 0.309 e. The second-order valence-corrected chi connectivity index (χ2v) is 8.51. The van der Waals surface area contributed by atoms with E-state index in [-0.39, 0.29) is 30.2 Å². The van der Waals surface area contributed by atoms with Gasteiger partial charge in [-0.1, -0.05) is 48.5 Å². The zero-order chi connectivity index (χ0) is 24.1. The number of likely N-dealkylation sites (tertiary alicyclic amines) is 1. The predicted molar refractivity (Wildman–Crippen MR) is 130 cm³/mol. The highest BCUT2D eigenvalue weighted by Crippen LogP contribution is 2.26. The van der Waals surface area contributed by atoms with Gasteiger partial charge in [-0.3, -0.25) is 14.4 Å². The third-order valence-electron chi connectivity index (χ3n) is 6.20. The number of likely N-dealkylation sites (N-methyl/N-ethyl adjacent to an activating group) is 1. The molecule has 0 bridgehead atoms. The number of aromatic nitrogens is 1. The summed E-state index contributed by atoms with van der Waals surface area (Å²) in [5.41, 5.74) is 2.88. The number of carbonyl (C=O) groups is 3. The van der Waals surface area contributed by atoms with Crippen LogP contribution < -0.4 is 0 Å². The SMILES string of the molecule is CCOC(=O)C1CCN(C(=O)CN(C)C(=O)c2cc(-c3ccccc3)nc3ccccc23)CC1. The number of piperidine rings is 1. The first-order valence-electron chi connectivity index (χ1n) is 11.6. The highest BCUT2D eigenvalue weighted by Gasteiger charge is 2.29. The van der Waals surface area contributed by atoms with Gasteiger partial charge >= 0.3 is 5.97 Å². The van der Waals surface area contributed by atoms with Crippen LogP contribution >= 0.6 is 0 Å². The lowest BCUT2D eigenvalue weighted by Gasteiger charge is -2.32. The average molecular weight is 460 g/mol. The molecule has 1 fully saturated rings. The molecule has 0 saturated carbocycles. The zero-order valence-electron chi connectivity index (χ0n) is 19.6. The highest BCUT2D eigenvalue weighted by atomic mass is 16.5. The van der Waals surface area contributed by atoms with E-state index >= 15 is 0 Å². The Balaban J connectivity index is 1.49. The Morgan fingerprint density at radius 1 is 1.03 bits per heavy atom. The third kappa shape index (κ3) is 5.09. The molecule has 0 unspecified atom stereocenters. The van der Waals surface area contributed by atoms with Crippen molar-refractivity contribution in [2.24, 2.45) is 5.92 Å². The molecule has 2 aromatic carbocycles. The van der Waals surface area contributed by atoms with E-state index < -0.39 is 0 Å². The first-order chi connectivity index (χ1) is 16.5. The third-order valence-corrected chi connectivity index (χ3v) is 6.20. The minimum Gasteiger partial charge on any atom is -0.466 e. The zero-order valence-corrected chi connectivity index (χ0v) is 19.6. The summed E-state index contributed by atoms with van der Waals surface area (Å²) in [5.74, 6) is -0.714. The van der Waals surface area contributed by atoms with E-state index in [1.807, 2.05) is 54.6 Å². The summed E-state index contributed by atoms with van der Waals surface area (Å²) in [5, 5.41) is 0.752. The van der Waals surface area contributed by atoms with Gasteiger partial charge in [0, 0.05) is 31.1 Å². The Morgan fingerprint density at radius 2 is 1.71 bits per heavy atom. The van der Waals surface area contributed by atoms with Crippen LogP contribution in [0, 0.1) is 5.92 Å². The standard InChI is InChI=1S/C27H29N3O4/c1-3-34-27(33)20-13-15-30(16-14-20)25(31)18-29(2)26(32)22-17-24(19-9-5-4-6-10-19)28-23-12-8-7-11-21(22)23/h4-12,17,20H,3,13-16,18H2,1-2H3. The van der Waals surface area contributed by atoms with E-state index in [2.05, 4.69) is 0 Å². The van der Waals surface area contributed by atoms with Crippen molar-refractivity contribution in [3.63, 3.8) is 0 Å². The number of benzene rings is 2. The van der Waals surface area contributed by atoms with E-state index in [4.69, 9.17) is 9.72 Å². The van der Waals surface area contributed by atoms with Crippen molar-refractivity contribution in [3.8, 4) is 11.3 Å². The summed E-state index contributed by atoms with van der Waals surface area (Å²) in [4.78, 5) is 46.2. The van der Waals surface area contributed by atoms with Crippen LogP contribution in [0.5, 0.6) is 0 Å². The van der Waals surface area contributed by atoms with Crippen molar-refractivity contribution in [3.05, 3.63) is 66.2 Å². The molecule has 0 radical (unpaired) electrons. The Hall–Kier alpha value is -3.74. The molecule has 0 atom stereocenters. The maximum atomic E-state index is 13.4. The number of carbonyl (C=O) groups excluding carboxylic acids is 3. The topological polar surface area (TPSA) is 79.8 Å². The van der Waals surface area contributed by atoms with E-state index in [1.165, 1.54) is 4.90 Å². The number of hydrogen-bond donors (Lipinski definition) is 0. The minimum atomic E-state index is -0.231. The molecule has 2 amide bonds. The van der Waals surface area contributed by atoms with Crippen molar-refractivity contribution in [2.45, 2.75) is 19.8 Å². The maximum Gasteiger partial charge on any atom is 0.309 e. The maximum absolute atomic E-state index is 13.4. The Morgan fingerprint density at radius 3 is 2.41 bits per heavy atom. The fourth-order valence-corrected chi connectivity index (χ4v) is 4.31. The molecule has 3 aromatic rings. The van der Waals surface area contributed by atoms with Gasteiger partial charge in [0.1, 0.15) is 0 Å². The number of amides is 2. The van der Waals surface area contributed by atoms with Gasteiger partial charge < -0.3 is 14.5 Å². The molecule has 0 aliphatic carbocycles. The van der Waals surface area contributed by atoms with E-state index in [9.17, 15) is 14.4 Å². The lowest BCUT2D eigenvalue weighted by Crippen LogP contribution is -2.45. The highest BCUT2D eigenvalue weighted by molar-refractivity contribution is 6.07. The van der Waals surface area contributed by atoms with Crippen LogP contribution in [0.2, 0.25) is 0 Å². The molecule has 1 aromatic heterocycles. The van der Waals surface area contributed by atoms with Gasteiger partial charge in [0.05, 0.1) is 35.8 Å². The quantitative estimate of drug-likeness (QED) is 0.524. The van der Waals surface area contributed by atoms with Gasteiger partial charge in [-0.05, 0) is 31.9 Å². The van der Waals surface area contributed by atoms with Gasteiger partial charge in [-0.15, -0.1) is 0 Å². The van der Waals surface area contributed by atoms with Crippen molar-refractivity contribution in [2.75, 3.05) is 33.3 Å². The fourth-order valence-electron chi connectivity index (χ4n) is 4.31. The largest absolute Gasteiger partial charge is 0.466 e. The molecule has 34 heavy (non-hydrogen) atoms. The van der Waals surface area contributed by atoms with Gasteiger partial charge in [0.2, 0.25) is 5.91 Å². The minimum absolute atomic E-state index is 0.0276. The molecule has 7 heteroatoms. The van der Waals surface area contributed by atoms with Crippen LogP contribution in [0.25, 0.3) is 22.2 Å². The van der Waals surface area contributed by atoms with E-state index in [0.29, 0.717) is 43.8 Å². The van der Waals surface area contributed by atoms with Gasteiger partial charge in [0.15, 0.2) is 0 Å². The summed E-state index contributed by atoms with van der Waals surface area (Å²) >= 11 is 0. The fraction of sp³-hybridized carbons (Fsp3) is 0.333. The Labute approximate surface area is 199 Å². The lowest BCUT2D eigenvalue weighted by atomic mass is 9.97. The number of rotatable bonds is 6. The first-order valence-corrected chi connectivity index (χ1v) is 11.6. The summed E-state index contributed by atoms with van der Waals surface area (Å²) < 4.78 is 5.10. The molecule has 2 heterocycles. The van der Waals surface area contributed by atoms with Crippen LogP contribution in [0.3, 0.4) is 0 Å². The number of para-hydroxylation sites is 1. The van der Waals surface area contributed by atoms with Gasteiger partial charge in [-0.2, -0.15) is 0 Å².